The van der Waals surface area contributed by atoms with Gasteiger partial charge in [0.1, 0.15) is 12.4 Å². The Morgan fingerprint density at radius 3 is 2.44 bits per heavy atom. The van der Waals surface area contributed by atoms with Crippen LogP contribution in [0.15, 0.2) is 11.3 Å². The Kier molecular flexibility index (Phi) is 3.45. The fourth-order valence-electron chi connectivity index (χ4n) is 0.370. The molecule has 9 heavy (non-hydrogen) atoms. The van der Waals surface area contributed by atoms with E-state index < -0.39 is 6.67 Å². The van der Waals surface area contributed by atoms with Gasteiger partial charge in [0.15, 0.2) is 0 Å². The van der Waals surface area contributed by atoms with Crippen molar-refractivity contribution in [3.8, 4) is 6.07 Å². The minimum Gasteiger partial charge on any atom is -0.497 e. The van der Waals surface area contributed by atoms with Crippen molar-refractivity contribution in [1.29, 1.82) is 5.26 Å². The third kappa shape index (κ3) is 2.13. The fraction of sp³-hybridized carbons (Fsp3) is 0.500. The third-order valence-electron chi connectivity index (χ3n) is 0.954. The van der Waals surface area contributed by atoms with Crippen molar-refractivity contribution in [3.05, 3.63) is 11.3 Å². The van der Waals surface area contributed by atoms with E-state index in [9.17, 15) is 4.39 Å². The molecule has 0 rings (SSSR count). The molecule has 50 valence electrons. The number of halogens is 1. The number of alkyl halides is 1. The predicted octanol–water partition coefficient (Wildman–Crippen LogP) is 1.40. The lowest BCUT2D eigenvalue weighted by atomic mass is 10.3. The second-order valence-electron chi connectivity index (χ2n) is 1.50. The molecule has 0 aliphatic rings. The number of hydrogen-bond donors (Lipinski definition) is 0. The van der Waals surface area contributed by atoms with Gasteiger partial charge in [0.05, 0.1) is 18.8 Å². The predicted molar refractivity (Wildman–Crippen MR) is 31.3 cm³/mol. The molecular weight excluding hydrogens is 121 g/mol. The molecule has 0 aromatic carbocycles. The number of hydrogen-bond acceptors (Lipinski definition) is 2. The minimum absolute atomic E-state index is 0.109. The molecule has 0 aromatic heterocycles. The molecule has 0 N–H and O–H groups in total. The first-order valence-electron chi connectivity index (χ1n) is 2.46. The smallest absolute Gasteiger partial charge is 0.147 e. The molecular formula is C6H8FNO. The maximum atomic E-state index is 11.8. The molecule has 2 nitrogen and oxygen atoms in total. The van der Waals surface area contributed by atoms with Crippen molar-refractivity contribution < 1.29 is 9.13 Å². The minimum atomic E-state index is -0.712. The van der Waals surface area contributed by atoms with E-state index in [0.29, 0.717) is 5.57 Å². The lowest BCUT2D eigenvalue weighted by Crippen LogP contribution is -1.91. The van der Waals surface area contributed by atoms with Crippen LogP contribution in [0.1, 0.15) is 6.92 Å². The largest absolute Gasteiger partial charge is 0.497 e. The first-order valence-corrected chi connectivity index (χ1v) is 2.46. The summed E-state index contributed by atoms with van der Waals surface area (Å²) in [4.78, 5) is 0. The maximum Gasteiger partial charge on any atom is 0.147 e. The van der Waals surface area contributed by atoms with Crippen LogP contribution in [0.2, 0.25) is 0 Å². The van der Waals surface area contributed by atoms with Crippen LogP contribution in [-0.4, -0.2) is 13.8 Å². The molecule has 0 radical (unpaired) electrons. The lowest BCUT2D eigenvalue weighted by molar-refractivity contribution is 0.253. The summed E-state index contributed by atoms with van der Waals surface area (Å²) in [5.74, 6) is 0.109. The van der Waals surface area contributed by atoms with E-state index in [1.54, 1.807) is 6.07 Å². The highest BCUT2D eigenvalue weighted by Crippen LogP contribution is 2.02. The van der Waals surface area contributed by atoms with Gasteiger partial charge in [-0.25, -0.2) is 4.39 Å². The van der Waals surface area contributed by atoms with E-state index in [2.05, 4.69) is 4.74 Å². The number of methoxy groups -OCH3 is 1. The number of rotatable bonds is 2. The lowest BCUT2D eigenvalue weighted by Gasteiger charge is -1.99. The summed E-state index contributed by atoms with van der Waals surface area (Å²) in [7, 11) is 1.34. The fourth-order valence-corrected chi connectivity index (χ4v) is 0.370. The van der Waals surface area contributed by atoms with Gasteiger partial charge in [-0.1, -0.05) is 0 Å². The van der Waals surface area contributed by atoms with Gasteiger partial charge < -0.3 is 4.74 Å². The SMILES string of the molecule is COC(CF)=C(C)C#N. The zero-order valence-corrected chi connectivity index (χ0v) is 5.44. The highest BCUT2D eigenvalue weighted by molar-refractivity contribution is 5.21. The van der Waals surface area contributed by atoms with E-state index in [4.69, 9.17) is 5.26 Å². The van der Waals surface area contributed by atoms with Crippen LogP contribution in [0.25, 0.3) is 0 Å². The Morgan fingerprint density at radius 2 is 2.33 bits per heavy atom. The average Bonchev–Trinajstić information content (AvgIpc) is 1.90. The quantitative estimate of drug-likeness (QED) is 0.417. The molecule has 0 bridgehead atoms. The van der Waals surface area contributed by atoms with Crippen LogP contribution in [0.4, 0.5) is 4.39 Å². The van der Waals surface area contributed by atoms with E-state index in [0.717, 1.165) is 0 Å². The summed E-state index contributed by atoms with van der Waals surface area (Å²) in [6.45, 7) is 0.800. The van der Waals surface area contributed by atoms with E-state index in [1.807, 2.05) is 0 Å². The highest BCUT2D eigenvalue weighted by Gasteiger charge is 1.98. The van der Waals surface area contributed by atoms with Crippen LogP contribution in [0, 0.1) is 11.3 Å². The zero-order valence-electron chi connectivity index (χ0n) is 5.44. The van der Waals surface area contributed by atoms with Gasteiger partial charge >= 0.3 is 0 Å². The topological polar surface area (TPSA) is 33.0 Å². The van der Waals surface area contributed by atoms with Crippen molar-refractivity contribution in [3.63, 3.8) is 0 Å². The summed E-state index contributed by atoms with van der Waals surface area (Å²) in [5, 5.41) is 8.21. The van der Waals surface area contributed by atoms with Gasteiger partial charge in [-0.15, -0.1) is 0 Å². The summed E-state index contributed by atoms with van der Waals surface area (Å²) in [6, 6.07) is 1.78. The van der Waals surface area contributed by atoms with Crippen LogP contribution in [-0.2, 0) is 4.74 Å². The van der Waals surface area contributed by atoms with Gasteiger partial charge in [0.2, 0.25) is 0 Å². The van der Waals surface area contributed by atoms with Gasteiger partial charge in [0.25, 0.3) is 0 Å². The molecule has 3 heteroatoms. The first kappa shape index (κ1) is 7.96. The van der Waals surface area contributed by atoms with Gasteiger partial charge in [0, 0.05) is 0 Å². The molecule has 0 fully saturated rings. The molecule has 0 heterocycles. The summed E-state index contributed by atoms with van der Waals surface area (Å²) in [6.07, 6.45) is 0. The molecule has 0 atom stereocenters. The second-order valence-corrected chi connectivity index (χ2v) is 1.50. The Balaban J connectivity index is 4.23. The third-order valence-corrected chi connectivity index (χ3v) is 0.954. The summed E-state index contributed by atoms with van der Waals surface area (Å²) >= 11 is 0. The monoisotopic (exact) mass is 129 g/mol. The number of allylic oxidation sites excluding steroid dienone is 2. The molecule has 0 amide bonds. The zero-order chi connectivity index (χ0) is 7.28. The molecule has 0 aliphatic heterocycles. The van der Waals surface area contributed by atoms with Gasteiger partial charge in [-0.05, 0) is 6.92 Å². The van der Waals surface area contributed by atoms with Gasteiger partial charge in [-0.3, -0.25) is 0 Å². The summed E-state index contributed by atoms with van der Waals surface area (Å²) < 4.78 is 16.3. The van der Waals surface area contributed by atoms with Crippen LogP contribution in [0.3, 0.4) is 0 Å². The molecule has 0 spiro atoms. The Hall–Kier alpha value is -1.04. The van der Waals surface area contributed by atoms with E-state index >= 15 is 0 Å². The van der Waals surface area contributed by atoms with E-state index in [1.165, 1.54) is 14.0 Å². The van der Waals surface area contributed by atoms with Crippen molar-refractivity contribution in [2.24, 2.45) is 0 Å². The van der Waals surface area contributed by atoms with Gasteiger partial charge in [-0.2, -0.15) is 5.26 Å². The second kappa shape index (κ2) is 3.90. The van der Waals surface area contributed by atoms with Crippen molar-refractivity contribution in [2.75, 3.05) is 13.8 Å². The van der Waals surface area contributed by atoms with Crippen LogP contribution >= 0.6 is 0 Å². The molecule has 0 saturated heterocycles. The summed E-state index contributed by atoms with van der Waals surface area (Å²) in [5.41, 5.74) is 0.292. The normalized spacial score (nSPS) is 11.8. The molecule has 0 unspecified atom stereocenters. The van der Waals surface area contributed by atoms with Crippen LogP contribution < -0.4 is 0 Å². The Labute approximate surface area is 53.5 Å². The molecule has 0 aliphatic carbocycles. The Morgan fingerprint density at radius 1 is 1.78 bits per heavy atom. The molecule has 0 aromatic rings. The number of nitrogens with zero attached hydrogens (tertiary/aromatic N) is 1. The average molecular weight is 129 g/mol. The van der Waals surface area contributed by atoms with Crippen molar-refractivity contribution >= 4 is 0 Å². The number of ether oxygens (including phenoxy) is 1. The van der Waals surface area contributed by atoms with Crippen molar-refractivity contribution in [2.45, 2.75) is 6.92 Å². The Bertz CT molecular complexity index is 151. The van der Waals surface area contributed by atoms with Crippen LogP contribution in [0.5, 0.6) is 0 Å². The number of nitriles is 1. The standard InChI is InChI=1S/C6H8FNO/c1-5(4-8)6(3-7)9-2/h3H2,1-2H3. The first-order chi connectivity index (χ1) is 4.26. The highest BCUT2D eigenvalue weighted by atomic mass is 19.1. The molecule has 0 saturated carbocycles. The van der Waals surface area contributed by atoms with E-state index in [-0.39, 0.29) is 5.76 Å². The van der Waals surface area contributed by atoms with Crippen molar-refractivity contribution in [1.82, 2.24) is 0 Å². The maximum absolute atomic E-state index is 11.8.